The highest BCUT2D eigenvalue weighted by Gasteiger charge is 2.14. The van der Waals surface area contributed by atoms with Gasteiger partial charge >= 0.3 is 0 Å². The Kier molecular flexibility index (Phi) is 6.61. The Labute approximate surface area is 180 Å². The normalized spacial score (nSPS) is 16.4. The van der Waals surface area contributed by atoms with Crippen molar-refractivity contribution in [3.63, 3.8) is 0 Å². The highest BCUT2D eigenvalue weighted by Crippen LogP contribution is 2.11. The maximum atomic E-state index is 12.8. The smallest absolute Gasteiger partial charge is 0.293 e. The van der Waals surface area contributed by atoms with Gasteiger partial charge < -0.3 is 20.9 Å². The van der Waals surface area contributed by atoms with Gasteiger partial charge in [0.25, 0.3) is 5.56 Å². The van der Waals surface area contributed by atoms with Crippen LogP contribution in [0.2, 0.25) is 0 Å². The van der Waals surface area contributed by atoms with Crippen LogP contribution in [0.5, 0.6) is 0 Å². The molecule has 1 saturated heterocycles. The number of hydrogen-bond acceptors (Lipinski definition) is 6. The molecule has 3 aromatic heterocycles. The number of rotatable bonds is 8. The molecule has 1 fully saturated rings. The first-order valence-electron chi connectivity index (χ1n) is 10.8. The number of carbonyl (C=O) groups excluding carboxylic acids is 1. The molecule has 0 saturated carbocycles. The third kappa shape index (κ3) is 5.29. The highest BCUT2D eigenvalue weighted by molar-refractivity contribution is 5.76. The second kappa shape index (κ2) is 9.74. The average molecular weight is 424 g/mol. The predicted molar refractivity (Wildman–Crippen MR) is 120 cm³/mol. The van der Waals surface area contributed by atoms with Crippen LogP contribution in [0.15, 0.2) is 35.4 Å². The molecule has 1 unspecified atom stereocenters. The zero-order valence-electron chi connectivity index (χ0n) is 17.8. The quantitative estimate of drug-likeness (QED) is 0.438. The Bertz CT molecular complexity index is 1100. The summed E-state index contributed by atoms with van der Waals surface area (Å²) in [5, 5.41) is 9.49. The van der Waals surface area contributed by atoms with Gasteiger partial charge in [-0.05, 0) is 50.9 Å². The number of aromatic amines is 1. The Morgan fingerprint density at radius 1 is 1.29 bits per heavy atom. The van der Waals surface area contributed by atoms with Crippen LogP contribution >= 0.6 is 0 Å². The van der Waals surface area contributed by atoms with E-state index in [0.717, 1.165) is 29.7 Å². The molecule has 1 aliphatic rings. The van der Waals surface area contributed by atoms with Gasteiger partial charge in [-0.15, -0.1) is 0 Å². The number of piperidine rings is 1. The largest absolute Gasteiger partial charge is 0.365 e. The fourth-order valence-corrected chi connectivity index (χ4v) is 3.89. The van der Waals surface area contributed by atoms with E-state index in [1.807, 2.05) is 24.4 Å². The summed E-state index contributed by atoms with van der Waals surface area (Å²) in [6, 6.07) is 6.17. The van der Waals surface area contributed by atoms with Crippen molar-refractivity contribution in [2.75, 3.05) is 18.4 Å². The number of aryl methyl sites for hydroxylation is 1. The minimum Gasteiger partial charge on any atom is -0.365 e. The summed E-state index contributed by atoms with van der Waals surface area (Å²) in [4.78, 5) is 37.1. The molecule has 164 valence electrons. The summed E-state index contributed by atoms with van der Waals surface area (Å²) in [6.45, 7) is 3.75. The predicted octanol–water partition coefficient (Wildman–Crippen LogP) is 1.69. The van der Waals surface area contributed by atoms with Crippen LogP contribution in [0.3, 0.4) is 0 Å². The van der Waals surface area contributed by atoms with Crippen molar-refractivity contribution in [2.45, 2.75) is 51.7 Å². The minimum atomic E-state index is -0.279. The second-order valence-electron chi connectivity index (χ2n) is 7.99. The molecule has 4 N–H and O–H groups in total. The van der Waals surface area contributed by atoms with E-state index in [9.17, 15) is 9.59 Å². The number of H-pyrrole nitrogens is 1. The molecule has 0 aliphatic carbocycles. The number of fused-ring (bicyclic) bond motifs is 1. The maximum Gasteiger partial charge on any atom is 0.293 e. The molecule has 9 heteroatoms. The van der Waals surface area contributed by atoms with Gasteiger partial charge in [-0.25, -0.2) is 9.97 Å². The number of anilines is 1. The average Bonchev–Trinajstić information content (AvgIpc) is 3.25. The molecule has 31 heavy (non-hydrogen) atoms. The molecule has 0 radical (unpaired) electrons. The van der Waals surface area contributed by atoms with E-state index >= 15 is 0 Å². The van der Waals surface area contributed by atoms with Gasteiger partial charge in [0, 0.05) is 30.7 Å². The molecular weight excluding hydrogens is 394 g/mol. The van der Waals surface area contributed by atoms with Gasteiger partial charge in [-0.1, -0.05) is 6.42 Å². The standard InChI is InChI=1S/C22H29N7O2/c1-15-12-27-21(25-10-7-16-4-2-3-9-23-16)22(31)29(15)14-20(30)26-13-17-5-6-18-19(28-17)8-11-24-18/h5-6,8,11-12,16,23-24H,2-4,7,9-10,13-14H2,1H3,(H,25,27)(H,26,30). The topological polar surface area (TPSA) is 117 Å². The van der Waals surface area contributed by atoms with E-state index in [1.165, 1.54) is 23.8 Å². The van der Waals surface area contributed by atoms with Crippen molar-refractivity contribution in [1.82, 2.24) is 30.2 Å². The SMILES string of the molecule is Cc1cnc(NCCC2CCCCN2)c(=O)n1CC(=O)NCc1ccc2[nH]ccc2n1. The van der Waals surface area contributed by atoms with Gasteiger partial charge in [0.15, 0.2) is 5.82 Å². The lowest BCUT2D eigenvalue weighted by atomic mass is 10.0. The number of carbonyl (C=O) groups is 1. The lowest BCUT2D eigenvalue weighted by Crippen LogP contribution is -2.36. The molecule has 9 nitrogen and oxygen atoms in total. The number of hydrogen-bond donors (Lipinski definition) is 4. The van der Waals surface area contributed by atoms with Gasteiger partial charge in [-0.2, -0.15) is 0 Å². The monoisotopic (exact) mass is 423 g/mol. The van der Waals surface area contributed by atoms with Crippen molar-refractivity contribution in [1.29, 1.82) is 0 Å². The summed E-state index contributed by atoms with van der Waals surface area (Å²) in [7, 11) is 0. The minimum absolute atomic E-state index is 0.0571. The van der Waals surface area contributed by atoms with Crippen molar-refractivity contribution >= 4 is 22.8 Å². The highest BCUT2D eigenvalue weighted by atomic mass is 16.2. The number of nitrogens with one attached hydrogen (secondary N) is 4. The number of pyridine rings is 1. The summed E-state index contributed by atoms with van der Waals surface area (Å²) in [5.74, 6) is 0.0403. The number of amides is 1. The molecule has 1 aliphatic heterocycles. The van der Waals surface area contributed by atoms with E-state index in [0.29, 0.717) is 24.8 Å². The van der Waals surface area contributed by atoms with E-state index in [2.05, 4.69) is 30.9 Å². The van der Waals surface area contributed by atoms with Crippen LogP contribution in [0.25, 0.3) is 11.0 Å². The first-order chi connectivity index (χ1) is 15.1. The first-order valence-corrected chi connectivity index (χ1v) is 10.8. The summed E-state index contributed by atoms with van der Waals surface area (Å²) in [5.41, 5.74) is 2.93. The van der Waals surface area contributed by atoms with Gasteiger partial charge in [-0.3, -0.25) is 14.2 Å². The Morgan fingerprint density at radius 3 is 3.03 bits per heavy atom. The fraction of sp³-hybridized carbons (Fsp3) is 0.455. The third-order valence-corrected chi connectivity index (χ3v) is 5.68. The van der Waals surface area contributed by atoms with Crippen molar-refractivity contribution < 1.29 is 4.79 Å². The van der Waals surface area contributed by atoms with Crippen LogP contribution in [0.4, 0.5) is 5.82 Å². The van der Waals surface area contributed by atoms with Gasteiger partial charge in [0.05, 0.1) is 23.3 Å². The molecule has 0 bridgehead atoms. The molecule has 0 aromatic carbocycles. The Morgan fingerprint density at radius 2 is 2.19 bits per heavy atom. The molecule has 1 atom stereocenters. The lowest BCUT2D eigenvalue weighted by Gasteiger charge is -2.23. The summed E-state index contributed by atoms with van der Waals surface area (Å²) >= 11 is 0. The third-order valence-electron chi connectivity index (χ3n) is 5.68. The molecule has 3 aromatic rings. The van der Waals surface area contributed by atoms with E-state index in [-0.39, 0.29) is 23.8 Å². The van der Waals surface area contributed by atoms with Gasteiger partial charge in [0.2, 0.25) is 5.91 Å². The van der Waals surface area contributed by atoms with E-state index in [1.54, 1.807) is 13.1 Å². The van der Waals surface area contributed by atoms with Crippen molar-refractivity contribution in [2.24, 2.45) is 0 Å². The Balaban J connectivity index is 1.33. The number of nitrogens with zero attached hydrogens (tertiary/aromatic N) is 3. The van der Waals surface area contributed by atoms with Crippen LogP contribution < -0.4 is 21.5 Å². The zero-order valence-corrected chi connectivity index (χ0v) is 17.8. The summed E-state index contributed by atoms with van der Waals surface area (Å²) in [6.07, 6.45) is 8.03. The first kappa shape index (κ1) is 21.0. The fourth-order valence-electron chi connectivity index (χ4n) is 3.89. The molecule has 0 spiro atoms. The Hall–Kier alpha value is -3.20. The summed E-state index contributed by atoms with van der Waals surface area (Å²) < 4.78 is 1.45. The van der Waals surface area contributed by atoms with Crippen LogP contribution in [-0.2, 0) is 17.9 Å². The van der Waals surface area contributed by atoms with Crippen molar-refractivity contribution in [3.8, 4) is 0 Å². The molecule has 1 amide bonds. The van der Waals surface area contributed by atoms with E-state index in [4.69, 9.17) is 0 Å². The van der Waals surface area contributed by atoms with Crippen molar-refractivity contribution in [3.05, 3.63) is 52.3 Å². The van der Waals surface area contributed by atoms with Crippen LogP contribution in [0.1, 0.15) is 37.1 Å². The second-order valence-corrected chi connectivity index (χ2v) is 7.99. The molecule has 4 heterocycles. The molecular formula is C22H29N7O2. The maximum absolute atomic E-state index is 12.8. The van der Waals surface area contributed by atoms with Crippen LogP contribution in [0, 0.1) is 6.92 Å². The van der Waals surface area contributed by atoms with Gasteiger partial charge in [0.1, 0.15) is 6.54 Å². The van der Waals surface area contributed by atoms with Crippen LogP contribution in [-0.4, -0.2) is 44.6 Å². The number of aromatic nitrogens is 4. The van der Waals surface area contributed by atoms with E-state index < -0.39 is 0 Å². The zero-order chi connectivity index (χ0) is 21.6. The lowest BCUT2D eigenvalue weighted by molar-refractivity contribution is -0.121. The molecule has 4 rings (SSSR count).